The van der Waals surface area contributed by atoms with Crippen molar-refractivity contribution >= 4 is 5.82 Å². The van der Waals surface area contributed by atoms with Crippen LogP contribution in [0.4, 0.5) is 5.82 Å². The third kappa shape index (κ3) is 4.14. The van der Waals surface area contributed by atoms with Crippen LogP contribution in [0.25, 0.3) is 11.1 Å². The lowest BCUT2D eigenvalue weighted by molar-refractivity contribution is -0.374. The molecule has 3 nitrogen and oxygen atoms in total. The van der Waals surface area contributed by atoms with Crippen molar-refractivity contribution in [1.29, 1.82) is 5.26 Å². The standard InChI is InChI=1S/C21H27N3/c1-3-5-8-14-19-17(13-6-4-2)20(16-11-9-7-10-12-16)18(15-22)21(23)24-19/h7,9-12H,3-6,8,13-14H2,1-2H3,(H2,23,24)/p+1. The molecule has 0 saturated carbocycles. The van der Waals surface area contributed by atoms with Crippen molar-refractivity contribution in [2.24, 2.45) is 0 Å². The van der Waals surface area contributed by atoms with Crippen molar-refractivity contribution in [3.63, 3.8) is 0 Å². The molecule has 0 aliphatic heterocycles. The quantitative estimate of drug-likeness (QED) is 0.716. The zero-order valence-electron chi connectivity index (χ0n) is 14.9. The summed E-state index contributed by atoms with van der Waals surface area (Å²) in [7, 11) is 0. The summed E-state index contributed by atoms with van der Waals surface area (Å²) in [5, 5.41) is 9.67. The molecule has 0 spiro atoms. The maximum absolute atomic E-state index is 9.67. The van der Waals surface area contributed by atoms with Gasteiger partial charge in [0.05, 0.1) is 0 Å². The Morgan fingerprint density at radius 1 is 1.00 bits per heavy atom. The van der Waals surface area contributed by atoms with E-state index in [1.54, 1.807) is 0 Å². The number of nitrogens with one attached hydrogen (secondary N) is 1. The number of unbranched alkanes of at least 4 members (excludes halogenated alkanes) is 3. The number of hydrogen-bond acceptors (Lipinski definition) is 2. The highest BCUT2D eigenvalue weighted by Crippen LogP contribution is 2.32. The summed E-state index contributed by atoms with van der Waals surface area (Å²) in [5.74, 6) is 0.489. The Bertz CT molecular complexity index is 699. The molecular formula is C21H28N3+. The normalized spacial score (nSPS) is 10.5. The van der Waals surface area contributed by atoms with Gasteiger partial charge in [0.15, 0.2) is 0 Å². The van der Waals surface area contributed by atoms with Gasteiger partial charge < -0.3 is 0 Å². The smallest absolute Gasteiger partial charge is 0.286 e. The highest BCUT2D eigenvalue weighted by molar-refractivity contribution is 5.77. The maximum atomic E-state index is 9.67. The number of nitrogens with two attached hydrogens (primary N) is 1. The second-order valence-electron chi connectivity index (χ2n) is 6.28. The van der Waals surface area contributed by atoms with E-state index in [1.165, 1.54) is 24.1 Å². The van der Waals surface area contributed by atoms with Crippen LogP contribution < -0.4 is 10.7 Å². The average molecular weight is 322 g/mol. The molecule has 0 atom stereocenters. The summed E-state index contributed by atoms with van der Waals surface area (Å²) in [6.07, 6.45) is 7.77. The molecule has 126 valence electrons. The molecule has 0 unspecified atom stereocenters. The molecule has 24 heavy (non-hydrogen) atoms. The number of aryl methyl sites for hydroxylation is 1. The Labute approximate surface area is 145 Å². The van der Waals surface area contributed by atoms with E-state index in [1.807, 2.05) is 18.2 Å². The largest absolute Gasteiger partial charge is 0.289 e. The van der Waals surface area contributed by atoms with Crippen LogP contribution in [0.1, 0.15) is 62.8 Å². The predicted octanol–water partition coefficient (Wildman–Crippen LogP) is 4.70. The fraction of sp³-hybridized carbons (Fsp3) is 0.429. The monoisotopic (exact) mass is 322 g/mol. The van der Waals surface area contributed by atoms with Crippen LogP contribution in [0.5, 0.6) is 0 Å². The van der Waals surface area contributed by atoms with Crippen LogP contribution in [0.15, 0.2) is 30.3 Å². The molecule has 2 rings (SSSR count). The van der Waals surface area contributed by atoms with E-state index >= 15 is 0 Å². The van der Waals surface area contributed by atoms with Crippen LogP contribution in [-0.2, 0) is 12.8 Å². The topological polar surface area (TPSA) is 63.9 Å². The molecule has 0 radical (unpaired) electrons. The number of nitriles is 1. The zero-order valence-corrected chi connectivity index (χ0v) is 14.9. The summed E-state index contributed by atoms with van der Waals surface area (Å²) in [4.78, 5) is 3.33. The molecule has 0 amide bonds. The first-order valence-electron chi connectivity index (χ1n) is 9.04. The van der Waals surface area contributed by atoms with Crippen molar-refractivity contribution in [2.75, 3.05) is 5.73 Å². The number of nitrogens with zero attached hydrogens (tertiary/aromatic N) is 1. The molecule has 1 aromatic carbocycles. The van der Waals surface area contributed by atoms with Crippen LogP contribution >= 0.6 is 0 Å². The van der Waals surface area contributed by atoms with Gasteiger partial charge in [-0.2, -0.15) is 5.26 Å². The van der Waals surface area contributed by atoms with E-state index in [2.05, 4.69) is 37.0 Å². The lowest BCUT2D eigenvalue weighted by Crippen LogP contribution is -2.22. The Kier molecular flexibility index (Phi) is 6.81. The highest BCUT2D eigenvalue weighted by atomic mass is 14.9. The third-order valence-corrected chi connectivity index (χ3v) is 4.46. The van der Waals surface area contributed by atoms with Gasteiger partial charge >= 0.3 is 0 Å². The molecule has 0 bridgehead atoms. The first kappa shape index (κ1) is 18.0. The number of nitrogen functional groups attached to an aromatic ring is 1. The fourth-order valence-corrected chi connectivity index (χ4v) is 3.17. The van der Waals surface area contributed by atoms with Gasteiger partial charge in [0.25, 0.3) is 5.82 Å². The number of pyridine rings is 1. The minimum Gasteiger partial charge on any atom is -0.286 e. The third-order valence-electron chi connectivity index (χ3n) is 4.46. The Morgan fingerprint density at radius 3 is 2.33 bits per heavy atom. The molecular weight excluding hydrogens is 294 g/mol. The van der Waals surface area contributed by atoms with Crippen LogP contribution in [0.2, 0.25) is 0 Å². The van der Waals surface area contributed by atoms with E-state index in [0.29, 0.717) is 11.4 Å². The van der Waals surface area contributed by atoms with Gasteiger partial charge in [0.1, 0.15) is 17.3 Å². The molecule has 1 heterocycles. The van der Waals surface area contributed by atoms with Crippen LogP contribution in [0, 0.1) is 11.3 Å². The average Bonchev–Trinajstić information content (AvgIpc) is 2.61. The van der Waals surface area contributed by atoms with Crippen molar-refractivity contribution in [3.8, 4) is 17.2 Å². The molecule has 1 aromatic heterocycles. The van der Waals surface area contributed by atoms with Gasteiger partial charge in [0, 0.05) is 17.5 Å². The molecule has 0 fully saturated rings. The number of aromatic amines is 1. The van der Waals surface area contributed by atoms with E-state index in [4.69, 9.17) is 5.73 Å². The van der Waals surface area contributed by atoms with E-state index in [9.17, 15) is 5.26 Å². The van der Waals surface area contributed by atoms with Crippen LogP contribution in [0.3, 0.4) is 0 Å². The van der Waals surface area contributed by atoms with Gasteiger partial charge in [0.2, 0.25) is 0 Å². The maximum Gasteiger partial charge on any atom is 0.289 e. The highest BCUT2D eigenvalue weighted by Gasteiger charge is 2.22. The van der Waals surface area contributed by atoms with Gasteiger partial charge in [-0.05, 0) is 24.8 Å². The number of benzene rings is 1. The lowest BCUT2D eigenvalue weighted by Gasteiger charge is -2.15. The molecule has 3 N–H and O–H groups in total. The summed E-state index contributed by atoms with van der Waals surface area (Å²) in [6.45, 7) is 4.41. The SMILES string of the molecule is CCCCCc1[nH+]c(N)c(C#N)c(-c2ccccc2)c1CCCC. The number of aromatic nitrogens is 1. The molecule has 3 heteroatoms. The first-order valence-corrected chi connectivity index (χ1v) is 9.04. The van der Waals surface area contributed by atoms with Crippen LogP contribution in [-0.4, -0.2) is 0 Å². The van der Waals surface area contributed by atoms with Crippen molar-refractivity contribution in [3.05, 3.63) is 47.2 Å². The summed E-state index contributed by atoms with van der Waals surface area (Å²) in [5.41, 5.74) is 11.3. The predicted molar refractivity (Wildman–Crippen MR) is 99.4 cm³/mol. The first-order chi connectivity index (χ1) is 11.7. The van der Waals surface area contributed by atoms with E-state index in [0.717, 1.165) is 43.2 Å². The number of rotatable bonds is 8. The summed E-state index contributed by atoms with van der Waals surface area (Å²) < 4.78 is 0. The second-order valence-corrected chi connectivity index (χ2v) is 6.28. The number of H-pyrrole nitrogens is 1. The van der Waals surface area contributed by atoms with Crippen molar-refractivity contribution in [2.45, 2.75) is 58.8 Å². The molecule has 0 saturated heterocycles. The van der Waals surface area contributed by atoms with Gasteiger partial charge in [-0.3, -0.25) is 5.73 Å². The van der Waals surface area contributed by atoms with Gasteiger partial charge in [-0.15, -0.1) is 0 Å². The van der Waals surface area contributed by atoms with Gasteiger partial charge in [-0.1, -0.05) is 63.4 Å². The lowest BCUT2D eigenvalue weighted by atomic mass is 9.90. The Morgan fingerprint density at radius 2 is 1.71 bits per heavy atom. The van der Waals surface area contributed by atoms with E-state index in [-0.39, 0.29) is 0 Å². The van der Waals surface area contributed by atoms with E-state index < -0.39 is 0 Å². The number of anilines is 1. The summed E-state index contributed by atoms with van der Waals surface area (Å²) in [6, 6.07) is 12.5. The summed E-state index contributed by atoms with van der Waals surface area (Å²) >= 11 is 0. The van der Waals surface area contributed by atoms with Crippen molar-refractivity contribution in [1.82, 2.24) is 0 Å². The van der Waals surface area contributed by atoms with Gasteiger partial charge in [-0.25, -0.2) is 4.98 Å². The fourth-order valence-electron chi connectivity index (χ4n) is 3.17. The second kappa shape index (κ2) is 9.08. The minimum atomic E-state index is 0.489. The minimum absolute atomic E-state index is 0.489. The molecule has 2 aromatic rings. The molecule has 0 aliphatic rings. The Balaban J connectivity index is 2.60. The zero-order chi connectivity index (χ0) is 17.4. The Hall–Kier alpha value is -2.34. The number of hydrogen-bond donors (Lipinski definition) is 1. The molecule has 0 aliphatic carbocycles. The van der Waals surface area contributed by atoms with Crippen molar-refractivity contribution < 1.29 is 4.98 Å².